The topological polar surface area (TPSA) is 79.4 Å². The highest BCUT2D eigenvalue weighted by Crippen LogP contribution is 2.14. The Bertz CT molecular complexity index is 687. The maximum Gasteiger partial charge on any atom is 0.258 e. The number of hydrogen-bond acceptors (Lipinski definition) is 6. The molecule has 1 saturated heterocycles. The van der Waals surface area contributed by atoms with Crippen molar-refractivity contribution in [1.29, 1.82) is 0 Å². The van der Waals surface area contributed by atoms with Gasteiger partial charge in [-0.2, -0.15) is 0 Å². The van der Waals surface area contributed by atoms with Gasteiger partial charge in [-0.3, -0.25) is 9.69 Å². The monoisotopic (exact) mass is 361 g/mol. The van der Waals surface area contributed by atoms with Gasteiger partial charge in [0, 0.05) is 49.3 Å². The van der Waals surface area contributed by atoms with Crippen LogP contribution in [0.2, 0.25) is 5.02 Å². The Labute approximate surface area is 151 Å². The minimum atomic E-state index is -0.262. The average Bonchev–Trinajstić information content (AvgIpc) is 2.65. The number of halogens is 1. The number of ether oxygens (including phenoxy) is 1. The van der Waals surface area contributed by atoms with Gasteiger partial charge in [-0.25, -0.2) is 9.97 Å². The average molecular weight is 362 g/mol. The molecule has 2 heterocycles. The Kier molecular flexibility index (Phi) is 6.16. The molecule has 2 N–H and O–H groups in total. The van der Waals surface area contributed by atoms with Gasteiger partial charge in [-0.1, -0.05) is 11.6 Å². The van der Waals surface area contributed by atoms with E-state index in [0.29, 0.717) is 22.2 Å². The van der Waals surface area contributed by atoms with Gasteiger partial charge in [0.25, 0.3) is 5.91 Å². The fourth-order valence-electron chi connectivity index (χ4n) is 2.42. The molecule has 3 rings (SSSR count). The summed E-state index contributed by atoms with van der Waals surface area (Å²) in [6.45, 7) is 5.13. The fourth-order valence-corrected chi connectivity index (χ4v) is 2.55. The van der Waals surface area contributed by atoms with E-state index in [1.807, 2.05) is 0 Å². The van der Waals surface area contributed by atoms with Crippen LogP contribution in [-0.2, 0) is 4.74 Å². The normalized spacial score (nSPS) is 14.9. The number of aromatic nitrogens is 2. The zero-order valence-electron chi connectivity index (χ0n) is 13.7. The maximum absolute atomic E-state index is 12.2. The zero-order valence-corrected chi connectivity index (χ0v) is 14.5. The maximum atomic E-state index is 12.2. The molecule has 132 valence electrons. The van der Waals surface area contributed by atoms with E-state index in [9.17, 15) is 4.79 Å². The predicted octanol–water partition coefficient (Wildman–Crippen LogP) is 2.13. The summed E-state index contributed by atoms with van der Waals surface area (Å²) in [5.74, 6) is 0.249. The highest BCUT2D eigenvalue weighted by molar-refractivity contribution is 6.30. The van der Waals surface area contributed by atoms with Crippen molar-refractivity contribution >= 4 is 29.1 Å². The van der Waals surface area contributed by atoms with Crippen molar-refractivity contribution in [2.45, 2.75) is 0 Å². The van der Waals surface area contributed by atoms with Crippen LogP contribution in [0.3, 0.4) is 0 Å². The van der Waals surface area contributed by atoms with Crippen LogP contribution in [0.5, 0.6) is 0 Å². The van der Waals surface area contributed by atoms with Gasteiger partial charge in [-0.15, -0.1) is 0 Å². The number of nitrogens with zero attached hydrogens (tertiary/aromatic N) is 3. The highest BCUT2D eigenvalue weighted by atomic mass is 35.5. The first-order chi connectivity index (χ1) is 12.2. The Morgan fingerprint density at radius 3 is 2.52 bits per heavy atom. The van der Waals surface area contributed by atoms with Gasteiger partial charge in [0.2, 0.25) is 5.95 Å². The second-order valence-corrected chi connectivity index (χ2v) is 6.07. The number of rotatable bonds is 6. The molecular weight excluding hydrogens is 342 g/mol. The van der Waals surface area contributed by atoms with E-state index < -0.39 is 0 Å². The van der Waals surface area contributed by atoms with E-state index in [2.05, 4.69) is 25.5 Å². The van der Waals surface area contributed by atoms with Gasteiger partial charge in [0.15, 0.2) is 0 Å². The van der Waals surface area contributed by atoms with Crippen LogP contribution in [0, 0.1) is 0 Å². The van der Waals surface area contributed by atoms with E-state index >= 15 is 0 Å². The standard InChI is InChI=1S/C17H20ClN5O2/c18-14-1-3-15(4-2-14)22-16(24)13-11-20-17(21-12-13)19-5-6-23-7-9-25-10-8-23/h1-4,11-12H,5-10H2,(H,22,24)(H,19,20,21). The van der Waals surface area contributed by atoms with E-state index in [1.165, 1.54) is 12.4 Å². The van der Waals surface area contributed by atoms with Gasteiger partial charge < -0.3 is 15.4 Å². The summed E-state index contributed by atoms with van der Waals surface area (Å²) in [4.78, 5) is 22.9. The molecule has 0 radical (unpaired) electrons. The van der Waals surface area contributed by atoms with Gasteiger partial charge in [-0.05, 0) is 24.3 Å². The molecule has 1 aliphatic rings. The Hall–Kier alpha value is -2.22. The number of carbonyl (C=O) groups excluding carboxylic acids is 1. The largest absolute Gasteiger partial charge is 0.379 e. The third-order valence-corrected chi connectivity index (χ3v) is 4.08. The van der Waals surface area contributed by atoms with Crippen molar-refractivity contribution in [3.63, 3.8) is 0 Å². The van der Waals surface area contributed by atoms with Gasteiger partial charge in [0.05, 0.1) is 18.8 Å². The van der Waals surface area contributed by atoms with Crippen molar-refractivity contribution in [2.24, 2.45) is 0 Å². The predicted molar refractivity (Wildman–Crippen MR) is 97.2 cm³/mol. The Morgan fingerprint density at radius 2 is 1.84 bits per heavy atom. The highest BCUT2D eigenvalue weighted by Gasteiger charge is 2.10. The molecule has 0 atom stereocenters. The minimum absolute atomic E-state index is 0.262. The second kappa shape index (κ2) is 8.75. The van der Waals surface area contributed by atoms with Crippen molar-refractivity contribution in [3.8, 4) is 0 Å². The lowest BCUT2D eigenvalue weighted by atomic mass is 10.3. The summed E-state index contributed by atoms with van der Waals surface area (Å²) in [5, 5.41) is 6.56. The summed E-state index contributed by atoms with van der Waals surface area (Å²) in [6.07, 6.45) is 3.02. The van der Waals surface area contributed by atoms with Crippen LogP contribution < -0.4 is 10.6 Å². The van der Waals surface area contributed by atoms with Crippen LogP contribution in [0.1, 0.15) is 10.4 Å². The summed E-state index contributed by atoms with van der Waals surface area (Å²) in [6, 6.07) is 6.91. The first kappa shape index (κ1) is 17.6. The smallest absolute Gasteiger partial charge is 0.258 e. The van der Waals surface area contributed by atoms with Crippen molar-refractivity contribution in [2.75, 3.05) is 50.0 Å². The molecule has 0 bridgehead atoms. The molecule has 0 unspecified atom stereocenters. The summed E-state index contributed by atoms with van der Waals surface area (Å²) in [5.41, 5.74) is 1.07. The summed E-state index contributed by atoms with van der Waals surface area (Å²) < 4.78 is 5.32. The molecule has 1 aromatic heterocycles. The molecule has 0 spiro atoms. The molecule has 0 saturated carbocycles. The van der Waals surface area contributed by atoms with E-state index in [0.717, 1.165) is 39.4 Å². The molecule has 1 amide bonds. The van der Waals surface area contributed by atoms with Crippen LogP contribution in [0.25, 0.3) is 0 Å². The third kappa shape index (κ3) is 5.38. The van der Waals surface area contributed by atoms with Crippen molar-refractivity contribution in [3.05, 3.63) is 47.2 Å². The molecule has 1 aliphatic heterocycles. The Balaban J connectivity index is 1.47. The summed E-state index contributed by atoms with van der Waals surface area (Å²) >= 11 is 5.82. The lowest BCUT2D eigenvalue weighted by Gasteiger charge is -2.26. The zero-order chi connectivity index (χ0) is 17.5. The first-order valence-electron chi connectivity index (χ1n) is 8.14. The number of hydrogen-bond donors (Lipinski definition) is 2. The van der Waals surface area contributed by atoms with E-state index in [-0.39, 0.29) is 5.91 Å². The third-order valence-electron chi connectivity index (χ3n) is 3.83. The fraction of sp³-hybridized carbons (Fsp3) is 0.353. The van der Waals surface area contributed by atoms with E-state index in [4.69, 9.17) is 16.3 Å². The van der Waals surface area contributed by atoms with Crippen LogP contribution in [0.15, 0.2) is 36.7 Å². The van der Waals surface area contributed by atoms with Gasteiger partial charge >= 0.3 is 0 Å². The van der Waals surface area contributed by atoms with Crippen LogP contribution in [0.4, 0.5) is 11.6 Å². The molecule has 7 nitrogen and oxygen atoms in total. The quantitative estimate of drug-likeness (QED) is 0.820. The molecule has 2 aromatic rings. The molecule has 0 aliphatic carbocycles. The number of benzene rings is 1. The molecular formula is C17H20ClN5O2. The van der Waals surface area contributed by atoms with E-state index in [1.54, 1.807) is 24.3 Å². The van der Waals surface area contributed by atoms with Crippen LogP contribution in [-0.4, -0.2) is 60.2 Å². The van der Waals surface area contributed by atoms with Crippen molar-refractivity contribution < 1.29 is 9.53 Å². The first-order valence-corrected chi connectivity index (χ1v) is 8.51. The Morgan fingerprint density at radius 1 is 1.16 bits per heavy atom. The van der Waals surface area contributed by atoms with Gasteiger partial charge in [0.1, 0.15) is 0 Å². The SMILES string of the molecule is O=C(Nc1ccc(Cl)cc1)c1cnc(NCCN2CCOCC2)nc1. The number of carbonyl (C=O) groups is 1. The molecule has 8 heteroatoms. The molecule has 1 aromatic carbocycles. The van der Waals surface area contributed by atoms with Crippen LogP contribution >= 0.6 is 11.6 Å². The summed E-state index contributed by atoms with van der Waals surface area (Å²) in [7, 11) is 0. The minimum Gasteiger partial charge on any atom is -0.379 e. The van der Waals surface area contributed by atoms with Crippen molar-refractivity contribution in [1.82, 2.24) is 14.9 Å². The number of anilines is 2. The number of morpholine rings is 1. The molecule has 25 heavy (non-hydrogen) atoms. The lowest BCUT2D eigenvalue weighted by Crippen LogP contribution is -2.39. The molecule has 1 fully saturated rings. The lowest BCUT2D eigenvalue weighted by molar-refractivity contribution is 0.0398. The number of amides is 1. The second-order valence-electron chi connectivity index (χ2n) is 5.64. The number of nitrogens with one attached hydrogen (secondary N) is 2.